The lowest BCUT2D eigenvalue weighted by atomic mass is 9.51. The van der Waals surface area contributed by atoms with Crippen LogP contribution in [0, 0.1) is 11.3 Å². The van der Waals surface area contributed by atoms with Crippen LogP contribution in [0.3, 0.4) is 0 Å². The van der Waals surface area contributed by atoms with Crippen LogP contribution in [0.1, 0.15) is 52.9 Å². The smallest absolute Gasteiger partial charge is 0.196 e. The highest BCUT2D eigenvalue weighted by Gasteiger charge is 2.64. The minimum atomic E-state index is -0.809. The Bertz CT molecular complexity index is 473. The van der Waals surface area contributed by atoms with Gasteiger partial charge in [0.1, 0.15) is 0 Å². The van der Waals surface area contributed by atoms with E-state index >= 15 is 0 Å². The second-order valence-electron chi connectivity index (χ2n) is 7.40. The molecule has 1 aliphatic heterocycles. The van der Waals surface area contributed by atoms with E-state index in [1.54, 1.807) is 14.2 Å². The molecular formula is C17H28O4. The van der Waals surface area contributed by atoms with Crippen molar-refractivity contribution in [2.75, 3.05) is 14.2 Å². The van der Waals surface area contributed by atoms with Gasteiger partial charge < -0.3 is 19.3 Å². The van der Waals surface area contributed by atoms with Gasteiger partial charge in [-0.15, -0.1) is 0 Å². The number of aliphatic hydroxyl groups is 1. The van der Waals surface area contributed by atoms with Crippen LogP contribution in [0.4, 0.5) is 0 Å². The second-order valence-corrected chi connectivity index (χ2v) is 7.40. The summed E-state index contributed by atoms with van der Waals surface area (Å²) in [7, 11) is 3.32. The monoisotopic (exact) mass is 296 g/mol. The molecule has 1 heterocycles. The lowest BCUT2D eigenvalue weighted by Gasteiger charge is -2.59. The third-order valence-electron chi connectivity index (χ3n) is 6.58. The molecule has 120 valence electrons. The molecule has 0 unspecified atom stereocenters. The quantitative estimate of drug-likeness (QED) is 0.796. The summed E-state index contributed by atoms with van der Waals surface area (Å²) in [5.74, 6) is -0.316. The van der Waals surface area contributed by atoms with E-state index in [0.717, 1.165) is 24.8 Å². The van der Waals surface area contributed by atoms with Gasteiger partial charge in [-0.25, -0.2) is 0 Å². The zero-order valence-electron chi connectivity index (χ0n) is 13.9. The first-order valence-electron chi connectivity index (χ1n) is 8.00. The maximum absolute atomic E-state index is 11.4. The molecule has 0 aromatic carbocycles. The minimum Gasteiger partial charge on any atom is -0.389 e. The SMILES string of the molecule is CO[C@H]1O[C@@]2(OC)C[C@@]3(O)CCC[C@H](C)[C@@]3(C)CC2=C1C. The van der Waals surface area contributed by atoms with Crippen molar-refractivity contribution in [1.82, 2.24) is 0 Å². The lowest BCUT2D eigenvalue weighted by Crippen LogP contribution is -2.62. The fourth-order valence-electron chi connectivity index (χ4n) is 4.81. The average Bonchev–Trinajstić information content (AvgIpc) is 2.71. The lowest BCUT2D eigenvalue weighted by molar-refractivity contribution is -0.297. The fourth-order valence-corrected chi connectivity index (χ4v) is 4.81. The Morgan fingerprint density at radius 2 is 2.05 bits per heavy atom. The van der Waals surface area contributed by atoms with Crippen molar-refractivity contribution < 1.29 is 19.3 Å². The molecule has 3 aliphatic rings. The predicted molar refractivity (Wildman–Crippen MR) is 79.6 cm³/mol. The molecule has 4 nitrogen and oxygen atoms in total. The Morgan fingerprint density at radius 1 is 1.33 bits per heavy atom. The van der Waals surface area contributed by atoms with Crippen LogP contribution in [-0.2, 0) is 14.2 Å². The van der Waals surface area contributed by atoms with E-state index in [-0.39, 0.29) is 11.7 Å². The summed E-state index contributed by atoms with van der Waals surface area (Å²) >= 11 is 0. The molecule has 2 saturated carbocycles. The van der Waals surface area contributed by atoms with Crippen molar-refractivity contribution in [2.45, 2.75) is 70.6 Å². The minimum absolute atomic E-state index is 0.115. The molecule has 0 amide bonds. The zero-order valence-corrected chi connectivity index (χ0v) is 13.9. The van der Waals surface area contributed by atoms with E-state index < -0.39 is 11.4 Å². The van der Waals surface area contributed by atoms with Gasteiger partial charge in [0.05, 0.1) is 5.60 Å². The molecule has 0 bridgehead atoms. The molecule has 0 saturated heterocycles. The molecule has 0 aromatic rings. The summed E-state index contributed by atoms with van der Waals surface area (Å²) in [4.78, 5) is 0. The number of methoxy groups -OCH3 is 2. The molecular weight excluding hydrogens is 268 g/mol. The van der Waals surface area contributed by atoms with Crippen molar-refractivity contribution in [2.24, 2.45) is 11.3 Å². The Labute approximate surface area is 127 Å². The Balaban J connectivity index is 2.07. The first kappa shape index (κ1) is 15.5. The van der Waals surface area contributed by atoms with Crippen LogP contribution in [0.25, 0.3) is 0 Å². The van der Waals surface area contributed by atoms with Gasteiger partial charge in [0.2, 0.25) is 0 Å². The first-order chi connectivity index (χ1) is 9.82. The van der Waals surface area contributed by atoms with Crippen LogP contribution >= 0.6 is 0 Å². The van der Waals surface area contributed by atoms with E-state index in [0.29, 0.717) is 12.3 Å². The molecule has 3 rings (SSSR count). The van der Waals surface area contributed by atoms with Crippen molar-refractivity contribution in [3.8, 4) is 0 Å². The highest BCUT2D eigenvalue weighted by Crippen LogP contribution is 2.62. The zero-order chi connectivity index (χ0) is 15.5. The summed E-state index contributed by atoms with van der Waals surface area (Å²) in [6.45, 7) is 6.56. The molecule has 4 heteroatoms. The van der Waals surface area contributed by atoms with Gasteiger partial charge in [-0.2, -0.15) is 0 Å². The Morgan fingerprint density at radius 3 is 2.67 bits per heavy atom. The first-order valence-corrected chi connectivity index (χ1v) is 8.00. The van der Waals surface area contributed by atoms with E-state index in [1.165, 1.54) is 12.0 Å². The molecule has 0 radical (unpaired) electrons. The van der Waals surface area contributed by atoms with Crippen LogP contribution in [-0.4, -0.2) is 37.0 Å². The third-order valence-corrected chi connectivity index (χ3v) is 6.58. The fraction of sp³-hybridized carbons (Fsp3) is 0.882. The number of fused-ring (bicyclic) bond motifs is 2. The molecule has 0 spiro atoms. The van der Waals surface area contributed by atoms with Gasteiger partial charge in [-0.1, -0.05) is 20.3 Å². The molecule has 2 aliphatic carbocycles. The Hall–Kier alpha value is -0.420. The highest BCUT2D eigenvalue weighted by atomic mass is 16.8. The Kier molecular flexibility index (Phi) is 3.53. The number of rotatable bonds is 2. The highest BCUT2D eigenvalue weighted by molar-refractivity contribution is 5.34. The van der Waals surface area contributed by atoms with E-state index in [2.05, 4.69) is 20.8 Å². The van der Waals surface area contributed by atoms with Gasteiger partial charge >= 0.3 is 0 Å². The van der Waals surface area contributed by atoms with Crippen LogP contribution < -0.4 is 0 Å². The van der Waals surface area contributed by atoms with Crippen LogP contribution in [0.2, 0.25) is 0 Å². The normalized spacial score (nSPS) is 50.0. The third kappa shape index (κ3) is 1.89. The van der Waals surface area contributed by atoms with Gasteiger partial charge in [0.15, 0.2) is 12.1 Å². The molecule has 2 fully saturated rings. The van der Waals surface area contributed by atoms with Gasteiger partial charge in [0.25, 0.3) is 0 Å². The van der Waals surface area contributed by atoms with Crippen molar-refractivity contribution in [3.63, 3.8) is 0 Å². The molecule has 21 heavy (non-hydrogen) atoms. The maximum atomic E-state index is 11.4. The largest absolute Gasteiger partial charge is 0.389 e. The summed E-state index contributed by atoms with van der Waals surface area (Å²) in [5.41, 5.74) is 1.45. The maximum Gasteiger partial charge on any atom is 0.196 e. The summed E-state index contributed by atoms with van der Waals surface area (Å²) < 4.78 is 17.3. The van der Waals surface area contributed by atoms with E-state index in [4.69, 9.17) is 14.2 Å². The molecule has 5 atom stereocenters. The molecule has 0 aromatic heterocycles. The van der Waals surface area contributed by atoms with Crippen molar-refractivity contribution in [1.29, 1.82) is 0 Å². The van der Waals surface area contributed by atoms with Gasteiger partial charge in [-0.3, -0.25) is 0 Å². The standard InChI is InChI=1S/C17H28O4/c1-11-7-6-8-16(18)10-17(20-5)13(9-15(11,16)3)12(2)14(19-4)21-17/h11,14,18H,6-10H2,1-5H3/t11-,14-,15+,16-,17-/m0/s1. The average molecular weight is 296 g/mol. The second kappa shape index (κ2) is 4.79. The van der Waals surface area contributed by atoms with Gasteiger partial charge in [-0.05, 0) is 43.3 Å². The summed E-state index contributed by atoms with van der Waals surface area (Å²) in [6.07, 6.45) is 4.04. The van der Waals surface area contributed by atoms with Crippen molar-refractivity contribution >= 4 is 0 Å². The van der Waals surface area contributed by atoms with Crippen LogP contribution in [0.5, 0.6) is 0 Å². The van der Waals surface area contributed by atoms with Crippen molar-refractivity contribution in [3.05, 3.63) is 11.1 Å². The summed E-state index contributed by atoms with van der Waals surface area (Å²) in [6, 6.07) is 0. The van der Waals surface area contributed by atoms with E-state index in [9.17, 15) is 5.11 Å². The van der Waals surface area contributed by atoms with Crippen LogP contribution in [0.15, 0.2) is 11.1 Å². The number of ether oxygens (including phenoxy) is 3. The predicted octanol–water partition coefficient (Wildman–Crippen LogP) is 3.00. The number of hydrogen-bond donors (Lipinski definition) is 1. The van der Waals surface area contributed by atoms with Gasteiger partial charge in [0, 0.05) is 26.1 Å². The summed E-state index contributed by atoms with van der Waals surface area (Å²) in [5, 5.41) is 11.4. The topological polar surface area (TPSA) is 47.9 Å². The number of hydrogen-bond acceptors (Lipinski definition) is 4. The van der Waals surface area contributed by atoms with E-state index in [1.807, 2.05) is 0 Å². The molecule has 1 N–H and O–H groups in total.